The Hall–Kier alpha value is -3.88. The SMILES string of the molecule is COc1ccc(-c2noc(CN3C(=O)N[C@]4(CCc5ccccc54)C3=O)n2)c(OC)c1. The number of methoxy groups -OCH3 is 2. The van der Waals surface area contributed by atoms with Gasteiger partial charge in [0.2, 0.25) is 11.7 Å². The van der Waals surface area contributed by atoms with Gasteiger partial charge in [0.15, 0.2) is 0 Å². The number of fused-ring (bicyclic) bond motifs is 2. The third-order valence-electron chi connectivity index (χ3n) is 5.83. The normalized spacial score (nSPS) is 19.6. The number of hydrogen-bond donors (Lipinski definition) is 1. The van der Waals surface area contributed by atoms with Crippen molar-refractivity contribution in [2.45, 2.75) is 24.9 Å². The van der Waals surface area contributed by atoms with Crippen LogP contribution in [0.2, 0.25) is 0 Å². The number of nitrogens with zero attached hydrogens (tertiary/aromatic N) is 3. The maximum absolute atomic E-state index is 13.3. The average Bonchev–Trinajstić information content (AvgIpc) is 3.48. The fourth-order valence-electron chi connectivity index (χ4n) is 4.28. The lowest BCUT2D eigenvalue weighted by molar-refractivity contribution is -0.132. The van der Waals surface area contributed by atoms with E-state index in [0.717, 1.165) is 22.4 Å². The molecule has 31 heavy (non-hydrogen) atoms. The van der Waals surface area contributed by atoms with Crippen LogP contribution in [0, 0.1) is 0 Å². The molecule has 1 spiro atoms. The summed E-state index contributed by atoms with van der Waals surface area (Å²) in [6.07, 6.45) is 1.27. The van der Waals surface area contributed by atoms with Crippen LogP contribution in [0.15, 0.2) is 47.0 Å². The fourth-order valence-corrected chi connectivity index (χ4v) is 4.28. The van der Waals surface area contributed by atoms with Gasteiger partial charge in [0.1, 0.15) is 23.6 Å². The van der Waals surface area contributed by atoms with Crippen molar-refractivity contribution < 1.29 is 23.6 Å². The molecule has 2 aliphatic rings. The van der Waals surface area contributed by atoms with Crippen molar-refractivity contribution in [1.82, 2.24) is 20.4 Å². The maximum Gasteiger partial charge on any atom is 0.325 e. The van der Waals surface area contributed by atoms with E-state index in [1.54, 1.807) is 25.3 Å². The van der Waals surface area contributed by atoms with Gasteiger partial charge in [0.05, 0.1) is 19.8 Å². The Kier molecular flexibility index (Phi) is 4.39. The zero-order valence-electron chi connectivity index (χ0n) is 17.0. The number of carbonyl (C=O) groups is 2. The summed E-state index contributed by atoms with van der Waals surface area (Å²) in [6, 6.07) is 12.4. The van der Waals surface area contributed by atoms with Crippen LogP contribution in [0.3, 0.4) is 0 Å². The first-order chi connectivity index (χ1) is 15.1. The van der Waals surface area contributed by atoms with Crippen LogP contribution in [0.4, 0.5) is 4.79 Å². The summed E-state index contributed by atoms with van der Waals surface area (Å²) in [5.41, 5.74) is 1.52. The number of ether oxygens (including phenoxy) is 2. The van der Waals surface area contributed by atoms with E-state index in [4.69, 9.17) is 14.0 Å². The first-order valence-corrected chi connectivity index (χ1v) is 9.83. The largest absolute Gasteiger partial charge is 0.497 e. The van der Waals surface area contributed by atoms with E-state index >= 15 is 0 Å². The second-order valence-corrected chi connectivity index (χ2v) is 7.46. The zero-order valence-corrected chi connectivity index (χ0v) is 17.0. The van der Waals surface area contributed by atoms with Crippen molar-refractivity contribution in [3.63, 3.8) is 0 Å². The number of amides is 3. The van der Waals surface area contributed by atoms with E-state index < -0.39 is 11.6 Å². The maximum atomic E-state index is 13.3. The molecule has 1 aromatic heterocycles. The molecule has 5 rings (SSSR count). The molecule has 1 N–H and O–H groups in total. The molecule has 0 unspecified atom stereocenters. The highest BCUT2D eigenvalue weighted by Crippen LogP contribution is 2.41. The molecule has 1 atom stereocenters. The van der Waals surface area contributed by atoms with Gasteiger partial charge in [0.25, 0.3) is 5.91 Å². The first kappa shape index (κ1) is 19.1. The summed E-state index contributed by atoms with van der Waals surface area (Å²) in [5, 5.41) is 6.88. The predicted molar refractivity (Wildman–Crippen MR) is 108 cm³/mol. The molecular weight excluding hydrogens is 400 g/mol. The summed E-state index contributed by atoms with van der Waals surface area (Å²) >= 11 is 0. The van der Waals surface area contributed by atoms with Crippen LogP contribution in [0.25, 0.3) is 11.4 Å². The van der Waals surface area contributed by atoms with Gasteiger partial charge in [-0.1, -0.05) is 29.4 Å². The minimum Gasteiger partial charge on any atom is -0.497 e. The minimum atomic E-state index is -1.02. The van der Waals surface area contributed by atoms with Crippen LogP contribution in [0.1, 0.15) is 23.4 Å². The summed E-state index contributed by atoms with van der Waals surface area (Å²) < 4.78 is 15.9. The van der Waals surface area contributed by atoms with Gasteiger partial charge in [-0.2, -0.15) is 4.98 Å². The van der Waals surface area contributed by atoms with Crippen LogP contribution < -0.4 is 14.8 Å². The van der Waals surface area contributed by atoms with Crippen LogP contribution in [0.5, 0.6) is 11.5 Å². The molecule has 1 saturated heterocycles. The lowest BCUT2D eigenvalue weighted by atomic mass is 9.92. The number of benzene rings is 2. The number of hydrogen-bond acceptors (Lipinski definition) is 7. The second kappa shape index (κ2) is 7.12. The Balaban J connectivity index is 1.40. The van der Waals surface area contributed by atoms with Crippen molar-refractivity contribution in [2.24, 2.45) is 0 Å². The quantitative estimate of drug-likeness (QED) is 0.633. The Morgan fingerprint density at radius 3 is 2.81 bits per heavy atom. The fraction of sp³-hybridized carbons (Fsp3) is 0.273. The van der Waals surface area contributed by atoms with Gasteiger partial charge in [-0.15, -0.1) is 0 Å². The molecule has 0 saturated carbocycles. The second-order valence-electron chi connectivity index (χ2n) is 7.46. The number of aromatic nitrogens is 2. The summed E-state index contributed by atoms with van der Waals surface area (Å²) in [4.78, 5) is 31.4. The lowest BCUT2D eigenvalue weighted by Crippen LogP contribution is -2.41. The molecule has 1 aliphatic carbocycles. The Bertz CT molecular complexity index is 1190. The molecule has 9 heteroatoms. The minimum absolute atomic E-state index is 0.111. The number of imide groups is 1. The van der Waals surface area contributed by atoms with Gasteiger partial charge >= 0.3 is 6.03 Å². The van der Waals surface area contributed by atoms with Crippen LogP contribution >= 0.6 is 0 Å². The molecular formula is C22H20N4O5. The van der Waals surface area contributed by atoms with Crippen LogP contribution in [-0.4, -0.2) is 41.2 Å². The highest BCUT2D eigenvalue weighted by atomic mass is 16.5. The standard InChI is InChI=1S/C22H20N4O5/c1-29-14-7-8-15(17(11-14)30-2)19-23-18(31-25-19)12-26-20(27)22(24-21(26)28)10-9-13-5-3-4-6-16(13)22/h3-8,11H,9-10,12H2,1-2H3,(H,24,28)/t22-/m0/s1. The summed E-state index contributed by atoms with van der Waals surface area (Å²) in [7, 11) is 3.10. The van der Waals surface area contributed by atoms with Crippen molar-refractivity contribution >= 4 is 11.9 Å². The number of urea groups is 1. The average molecular weight is 420 g/mol. The topological polar surface area (TPSA) is 107 Å². The van der Waals surface area contributed by atoms with Gasteiger partial charge in [-0.25, -0.2) is 4.79 Å². The zero-order chi connectivity index (χ0) is 21.6. The number of aryl methyl sites for hydroxylation is 1. The number of nitrogens with one attached hydrogen (secondary N) is 1. The molecule has 3 amide bonds. The van der Waals surface area contributed by atoms with Crippen molar-refractivity contribution in [3.05, 3.63) is 59.5 Å². The Morgan fingerprint density at radius 1 is 1.16 bits per heavy atom. The highest BCUT2D eigenvalue weighted by Gasteiger charge is 2.55. The smallest absolute Gasteiger partial charge is 0.325 e. The molecule has 1 fully saturated rings. The van der Waals surface area contributed by atoms with E-state index in [2.05, 4.69) is 15.5 Å². The van der Waals surface area contributed by atoms with Gasteiger partial charge < -0.3 is 19.3 Å². The number of carbonyl (C=O) groups excluding carboxylic acids is 2. The predicted octanol–water partition coefficient (Wildman–Crippen LogP) is 2.65. The molecule has 1 aliphatic heterocycles. The van der Waals surface area contributed by atoms with Gasteiger partial charge in [0, 0.05) is 6.07 Å². The lowest BCUT2D eigenvalue weighted by Gasteiger charge is -2.21. The van der Waals surface area contributed by atoms with Crippen molar-refractivity contribution in [2.75, 3.05) is 14.2 Å². The van der Waals surface area contributed by atoms with Crippen molar-refractivity contribution in [3.8, 4) is 22.9 Å². The molecule has 158 valence electrons. The number of rotatable bonds is 5. The first-order valence-electron chi connectivity index (χ1n) is 9.83. The molecule has 3 aromatic rings. The molecule has 9 nitrogen and oxygen atoms in total. The molecule has 0 radical (unpaired) electrons. The molecule has 2 heterocycles. The van der Waals surface area contributed by atoms with E-state index in [0.29, 0.717) is 29.3 Å². The molecule has 2 aromatic carbocycles. The van der Waals surface area contributed by atoms with E-state index in [1.165, 1.54) is 7.11 Å². The summed E-state index contributed by atoms with van der Waals surface area (Å²) in [6.45, 7) is -0.111. The van der Waals surface area contributed by atoms with E-state index in [1.807, 2.05) is 24.3 Å². The third kappa shape index (κ3) is 2.92. The third-order valence-corrected chi connectivity index (χ3v) is 5.83. The monoisotopic (exact) mass is 420 g/mol. The Morgan fingerprint density at radius 2 is 2.00 bits per heavy atom. The van der Waals surface area contributed by atoms with E-state index in [9.17, 15) is 9.59 Å². The van der Waals surface area contributed by atoms with Crippen LogP contribution in [-0.2, 0) is 23.3 Å². The van der Waals surface area contributed by atoms with Gasteiger partial charge in [-0.3, -0.25) is 9.69 Å². The Labute approximate surface area is 177 Å². The molecule has 0 bridgehead atoms. The van der Waals surface area contributed by atoms with E-state index in [-0.39, 0.29) is 18.3 Å². The van der Waals surface area contributed by atoms with Gasteiger partial charge in [-0.05, 0) is 36.1 Å². The highest BCUT2D eigenvalue weighted by molar-refractivity contribution is 6.08. The summed E-state index contributed by atoms with van der Waals surface area (Å²) in [5.74, 6) is 1.29. The van der Waals surface area contributed by atoms with Crippen molar-refractivity contribution in [1.29, 1.82) is 0 Å².